The third kappa shape index (κ3) is 2.77. The second-order valence-corrected chi connectivity index (χ2v) is 6.32. The number of hydrogen-bond acceptors (Lipinski definition) is 2. The lowest BCUT2D eigenvalue weighted by Gasteiger charge is -2.20. The molecule has 0 heterocycles. The Bertz CT molecular complexity index is 538. The van der Waals surface area contributed by atoms with E-state index in [0.29, 0.717) is 17.9 Å². The zero-order valence-electron chi connectivity index (χ0n) is 11.9. The van der Waals surface area contributed by atoms with Crippen LogP contribution in [0.2, 0.25) is 0 Å². The molecule has 2 saturated carbocycles. The fraction of sp³-hybridized carbons (Fsp3) is 0.529. The van der Waals surface area contributed by atoms with Gasteiger partial charge in [0, 0.05) is 17.7 Å². The van der Waals surface area contributed by atoms with E-state index in [1.165, 1.54) is 32.6 Å². The zero-order chi connectivity index (χ0) is 14.1. The van der Waals surface area contributed by atoms with Crippen LogP contribution in [0.15, 0.2) is 24.3 Å². The summed E-state index contributed by atoms with van der Waals surface area (Å²) in [6.45, 7) is 1.54. The molecule has 2 bridgehead atoms. The molecule has 3 heteroatoms. The first-order valence-electron chi connectivity index (χ1n) is 7.52. The number of rotatable bonds is 4. The van der Waals surface area contributed by atoms with Crippen molar-refractivity contribution in [2.45, 2.75) is 39.0 Å². The van der Waals surface area contributed by atoms with E-state index in [-0.39, 0.29) is 11.7 Å². The van der Waals surface area contributed by atoms with Gasteiger partial charge in [0.2, 0.25) is 5.91 Å². The lowest BCUT2D eigenvalue weighted by molar-refractivity contribution is -0.117. The first-order valence-corrected chi connectivity index (χ1v) is 7.52. The van der Waals surface area contributed by atoms with Crippen LogP contribution in [0, 0.1) is 17.8 Å². The van der Waals surface area contributed by atoms with Crippen molar-refractivity contribution in [3.8, 4) is 0 Å². The standard InChI is InChI=1S/C17H21NO2/c1-11(19)13-3-2-4-16(9-13)18-17(20)10-15-8-12-5-6-14(15)7-12/h2-4,9,12,14-15H,5-8,10H2,1H3,(H,18,20)/t12-,14-,15+/m1/s1. The second kappa shape index (κ2) is 5.39. The molecule has 1 aromatic carbocycles. The molecule has 3 rings (SSSR count). The SMILES string of the molecule is CC(=O)c1cccc(NC(=O)C[C@@H]2C[C@@H]3CC[C@@H]2C3)c1. The van der Waals surface area contributed by atoms with E-state index in [1.807, 2.05) is 12.1 Å². The van der Waals surface area contributed by atoms with Gasteiger partial charge < -0.3 is 5.32 Å². The smallest absolute Gasteiger partial charge is 0.224 e. The molecule has 0 radical (unpaired) electrons. The Morgan fingerprint density at radius 2 is 2.10 bits per heavy atom. The Hall–Kier alpha value is -1.64. The average Bonchev–Trinajstić information content (AvgIpc) is 3.01. The number of hydrogen-bond donors (Lipinski definition) is 1. The van der Waals surface area contributed by atoms with E-state index in [4.69, 9.17) is 0 Å². The lowest BCUT2D eigenvalue weighted by Crippen LogP contribution is -2.20. The molecule has 0 saturated heterocycles. The van der Waals surface area contributed by atoms with Crippen LogP contribution in [0.5, 0.6) is 0 Å². The van der Waals surface area contributed by atoms with Gasteiger partial charge in [0.05, 0.1) is 0 Å². The van der Waals surface area contributed by atoms with Crippen LogP contribution in [0.25, 0.3) is 0 Å². The van der Waals surface area contributed by atoms with Crippen molar-refractivity contribution in [1.82, 2.24) is 0 Å². The van der Waals surface area contributed by atoms with Crippen molar-refractivity contribution in [3.05, 3.63) is 29.8 Å². The molecule has 0 aliphatic heterocycles. The number of fused-ring (bicyclic) bond motifs is 2. The number of Topliss-reactive ketones (excluding diaryl/α,β-unsaturated/α-hetero) is 1. The fourth-order valence-corrected chi connectivity index (χ4v) is 3.89. The summed E-state index contributed by atoms with van der Waals surface area (Å²) in [5.74, 6) is 2.33. The van der Waals surface area contributed by atoms with Crippen LogP contribution in [0.1, 0.15) is 49.4 Å². The van der Waals surface area contributed by atoms with Crippen LogP contribution in [0.4, 0.5) is 5.69 Å². The summed E-state index contributed by atoms with van der Waals surface area (Å²) < 4.78 is 0. The highest BCUT2D eigenvalue weighted by molar-refractivity contribution is 5.97. The molecular formula is C17H21NO2. The van der Waals surface area contributed by atoms with Crippen LogP contribution in [0.3, 0.4) is 0 Å². The third-order valence-electron chi connectivity index (χ3n) is 4.88. The van der Waals surface area contributed by atoms with Crippen molar-refractivity contribution >= 4 is 17.4 Å². The van der Waals surface area contributed by atoms with Gasteiger partial charge in [-0.3, -0.25) is 9.59 Å². The Labute approximate surface area is 119 Å². The maximum Gasteiger partial charge on any atom is 0.224 e. The normalized spacial score (nSPS) is 27.6. The summed E-state index contributed by atoms with van der Waals surface area (Å²) in [6.07, 6.45) is 5.86. The molecule has 106 valence electrons. The van der Waals surface area contributed by atoms with Crippen LogP contribution >= 0.6 is 0 Å². The molecule has 0 unspecified atom stereocenters. The number of anilines is 1. The summed E-state index contributed by atoms with van der Waals surface area (Å²) in [7, 11) is 0. The predicted molar refractivity (Wildman–Crippen MR) is 78.6 cm³/mol. The van der Waals surface area contributed by atoms with Crippen LogP contribution in [-0.2, 0) is 4.79 Å². The molecule has 0 aromatic heterocycles. The minimum atomic E-state index is 0.0224. The Balaban J connectivity index is 1.59. The van der Waals surface area contributed by atoms with Gasteiger partial charge in [-0.05, 0) is 56.1 Å². The van der Waals surface area contributed by atoms with Gasteiger partial charge in [0.25, 0.3) is 0 Å². The summed E-state index contributed by atoms with van der Waals surface area (Å²) in [5.41, 5.74) is 1.37. The highest BCUT2D eigenvalue weighted by Gasteiger charge is 2.40. The molecule has 1 N–H and O–H groups in total. The van der Waals surface area contributed by atoms with Gasteiger partial charge in [0.15, 0.2) is 5.78 Å². The molecule has 1 aromatic rings. The Kier molecular flexibility index (Phi) is 3.60. The number of benzene rings is 1. The summed E-state index contributed by atoms with van der Waals surface area (Å²) in [5, 5.41) is 2.93. The van der Waals surface area contributed by atoms with Gasteiger partial charge in [-0.1, -0.05) is 18.6 Å². The molecule has 0 spiro atoms. The summed E-state index contributed by atoms with van der Waals surface area (Å²) in [6, 6.07) is 7.17. The first-order chi connectivity index (χ1) is 9.61. The van der Waals surface area contributed by atoms with Crippen molar-refractivity contribution in [3.63, 3.8) is 0 Å². The van der Waals surface area contributed by atoms with Crippen LogP contribution < -0.4 is 5.32 Å². The average molecular weight is 271 g/mol. The molecule has 2 fully saturated rings. The number of carbonyl (C=O) groups is 2. The zero-order valence-corrected chi connectivity index (χ0v) is 11.9. The van der Waals surface area contributed by atoms with Crippen molar-refractivity contribution in [1.29, 1.82) is 0 Å². The molecule has 20 heavy (non-hydrogen) atoms. The van der Waals surface area contributed by atoms with Gasteiger partial charge in [-0.25, -0.2) is 0 Å². The topological polar surface area (TPSA) is 46.2 Å². The second-order valence-electron chi connectivity index (χ2n) is 6.32. The minimum Gasteiger partial charge on any atom is -0.326 e. The van der Waals surface area contributed by atoms with E-state index in [1.54, 1.807) is 12.1 Å². The molecule has 2 aliphatic carbocycles. The molecule has 2 aliphatic rings. The monoisotopic (exact) mass is 271 g/mol. The van der Waals surface area contributed by atoms with Crippen molar-refractivity contribution < 1.29 is 9.59 Å². The number of nitrogens with one attached hydrogen (secondary N) is 1. The maximum atomic E-state index is 12.1. The molecule has 3 atom stereocenters. The summed E-state index contributed by atoms with van der Waals surface area (Å²) >= 11 is 0. The predicted octanol–water partition coefficient (Wildman–Crippen LogP) is 3.65. The first kappa shape index (κ1) is 13.3. The third-order valence-corrected chi connectivity index (χ3v) is 4.88. The molecule has 1 amide bonds. The highest BCUT2D eigenvalue weighted by atomic mass is 16.1. The lowest BCUT2D eigenvalue weighted by atomic mass is 9.86. The van der Waals surface area contributed by atoms with E-state index in [2.05, 4.69) is 5.32 Å². The largest absolute Gasteiger partial charge is 0.326 e. The number of ketones is 1. The van der Waals surface area contributed by atoms with Crippen molar-refractivity contribution in [2.24, 2.45) is 17.8 Å². The van der Waals surface area contributed by atoms with Crippen LogP contribution in [-0.4, -0.2) is 11.7 Å². The van der Waals surface area contributed by atoms with Gasteiger partial charge in [0.1, 0.15) is 0 Å². The van der Waals surface area contributed by atoms with E-state index < -0.39 is 0 Å². The molecular weight excluding hydrogens is 250 g/mol. The quantitative estimate of drug-likeness (QED) is 0.850. The van der Waals surface area contributed by atoms with Gasteiger partial charge in [-0.15, -0.1) is 0 Å². The van der Waals surface area contributed by atoms with E-state index >= 15 is 0 Å². The van der Waals surface area contributed by atoms with E-state index in [0.717, 1.165) is 17.5 Å². The molecule has 3 nitrogen and oxygen atoms in total. The van der Waals surface area contributed by atoms with Gasteiger partial charge in [-0.2, -0.15) is 0 Å². The Morgan fingerprint density at radius 3 is 2.75 bits per heavy atom. The summed E-state index contributed by atoms with van der Waals surface area (Å²) in [4.78, 5) is 23.5. The van der Waals surface area contributed by atoms with E-state index in [9.17, 15) is 9.59 Å². The number of carbonyl (C=O) groups excluding carboxylic acids is 2. The highest BCUT2D eigenvalue weighted by Crippen LogP contribution is 2.49. The van der Waals surface area contributed by atoms with Gasteiger partial charge >= 0.3 is 0 Å². The fourth-order valence-electron chi connectivity index (χ4n) is 3.89. The Morgan fingerprint density at radius 1 is 1.25 bits per heavy atom. The maximum absolute atomic E-state index is 12.1. The number of amides is 1. The minimum absolute atomic E-state index is 0.0224. The van der Waals surface area contributed by atoms with Crippen molar-refractivity contribution in [2.75, 3.05) is 5.32 Å².